The molecule has 0 saturated heterocycles. The molecular weight excluding hydrogens is 841 g/mol. The zero-order valence-electron chi connectivity index (χ0n) is 38.2. The zero-order chi connectivity index (χ0) is 44.8. The second-order valence-corrected chi connectivity index (χ2v) is 21.7. The molecule has 0 saturated carbocycles. The Balaban J connectivity index is 1.05. The Kier molecular flexibility index (Phi) is 6.28. The van der Waals surface area contributed by atoms with E-state index in [9.17, 15) is 0 Å². The van der Waals surface area contributed by atoms with E-state index in [1.54, 1.807) is 44.5 Å². The fourth-order valence-corrected chi connectivity index (χ4v) is 17.3. The third-order valence-corrected chi connectivity index (χ3v) is 19.3. The molecule has 23 rings (SSSR count). The van der Waals surface area contributed by atoms with Crippen molar-refractivity contribution in [2.45, 2.75) is 47.3 Å². The molecule has 12 aliphatic rings. The molecule has 0 fully saturated rings. The molecule has 0 N–H and O–H groups in total. The van der Waals surface area contributed by atoms with E-state index in [1.807, 2.05) is 0 Å². The van der Waals surface area contributed by atoms with E-state index in [0.29, 0.717) is 0 Å². The summed E-state index contributed by atoms with van der Waals surface area (Å²) in [5.41, 5.74) is 36.5. The maximum absolute atomic E-state index is 2.81. The van der Waals surface area contributed by atoms with Crippen LogP contribution in [0.3, 0.4) is 0 Å². The summed E-state index contributed by atoms with van der Waals surface area (Å²) in [6.07, 6.45) is 0. The Morgan fingerprint density at radius 1 is 0.143 bits per heavy atom. The van der Waals surface area contributed by atoms with Gasteiger partial charge < -0.3 is 0 Å². The monoisotopic (exact) mass is 882 g/mol. The van der Waals surface area contributed by atoms with Gasteiger partial charge in [-0.05, 0) is 167 Å². The molecule has 0 unspecified atom stereocenters. The molecule has 0 radical (unpaired) electrons. The van der Waals surface area contributed by atoms with Gasteiger partial charge in [0.05, 0.1) is 0 Å². The van der Waals surface area contributed by atoms with Crippen LogP contribution in [0, 0.1) is 0 Å². The SMILES string of the molecule is c1ccc2c(c1)C1c3ccccc3C2c2c1c1c(c3cc4c5c(c6c(c4cc23)C2c3ccccc3C6c3ccccc32)C2c3ccccc3C5c3ccccc32)C2c3ccccc3C1c1ccccc12. The minimum absolute atomic E-state index is 0.143. The molecule has 8 bridgehead atoms. The van der Waals surface area contributed by atoms with Crippen molar-refractivity contribution < 1.29 is 0 Å². The number of fused-ring (bicyclic) bond motifs is 2. The van der Waals surface area contributed by atoms with Gasteiger partial charge in [0, 0.05) is 47.3 Å². The number of hydrogen-bond donors (Lipinski definition) is 0. The maximum Gasteiger partial charge on any atom is 0.0355 e. The summed E-state index contributed by atoms with van der Waals surface area (Å²) in [5, 5.41) is 5.87. The van der Waals surface area contributed by atoms with Gasteiger partial charge in [-0.3, -0.25) is 0 Å². The summed E-state index contributed by atoms with van der Waals surface area (Å²) in [7, 11) is 0. The van der Waals surface area contributed by atoms with E-state index >= 15 is 0 Å². The average Bonchev–Trinajstić information content (AvgIpc) is 3.46. The van der Waals surface area contributed by atoms with Gasteiger partial charge in [-0.2, -0.15) is 0 Å². The molecule has 70 heavy (non-hydrogen) atoms. The topological polar surface area (TPSA) is 0 Å². The minimum Gasteiger partial charge on any atom is -0.0619 e. The van der Waals surface area contributed by atoms with Crippen molar-refractivity contribution in [3.05, 3.63) is 340 Å². The molecule has 0 atom stereocenters. The first kappa shape index (κ1) is 36.0. The van der Waals surface area contributed by atoms with Crippen LogP contribution in [-0.4, -0.2) is 0 Å². The van der Waals surface area contributed by atoms with Crippen LogP contribution in [0.1, 0.15) is 181 Å². The maximum atomic E-state index is 2.81. The van der Waals surface area contributed by atoms with E-state index in [2.05, 4.69) is 206 Å². The van der Waals surface area contributed by atoms with Crippen molar-refractivity contribution in [1.29, 1.82) is 0 Å². The van der Waals surface area contributed by atoms with Crippen molar-refractivity contribution in [2.24, 2.45) is 0 Å². The van der Waals surface area contributed by atoms with Gasteiger partial charge in [0.2, 0.25) is 0 Å². The molecule has 12 aliphatic carbocycles. The van der Waals surface area contributed by atoms with Crippen molar-refractivity contribution in [3.63, 3.8) is 0 Å². The summed E-state index contributed by atoms with van der Waals surface area (Å²) in [6.45, 7) is 0. The molecule has 0 amide bonds. The summed E-state index contributed by atoms with van der Waals surface area (Å²) >= 11 is 0. The largest absolute Gasteiger partial charge is 0.0619 e. The van der Waals surface area contributed by atoms with Gasteiger partial charge in [0.25, 0.3) is 0 Å². The van der Waals surface area contributed by atoms with E-state index < -0.39 is 0 Å². The lowest BCUT2D eigenvalue weighted by molar-refractivity contribution is 0.700. The summed E-state index contributed by atoms with van der Waals surface area (Å²) in [6, 6.07) is 81.8. The molecule has 11 aromatic carbocycles. The van der Waals surface area contributed by atoms with Gasteiger partial charge in [0.15, 0.2) is 0 Å². The molecule has 0 spiro atoms. The van der Waals surface area contributed by atoms with Crippen molar-refractivity contribution in [1.82, 2.24) is 0 Å². The molecule has 0 nitrogen and oxygen atoms in total. The lowest BCUT2D eigenvalue weighted by atomic mass is 9.52. The first-order valence-corrected chi connectivity index (χ1v) is 25.7. The Bertz CT molecular complexity index is 3570. The molecule has 322 valence electrons. The van der Waals surface area contributed by atoms with Crippen LogP contribution in [0.5, 0.6) is 0 Å². The number of benzene rings is 11. The molecule has 0 aliphatic heterocycles. The standard InChI is InChI=1S/C70H42/c1-9-25-43-35(17-1)55-36-18-2-10-26-44(36)59(43)67-63(55)51-33-53-54(34-52(51)64-56-37-19-3-11-27-45(37)60(68(64)67)46-28-12-4-20-38(46)56)66-58-41-23-7-15-31-49(41)62(50-32-16-8-24-42(50)58)70(66)69-61-47-29-13-5-21-39(47)57(65(53)69)40-22-6-14-30-48(40)61/h1-34,55-62H. The van der Waals surface area contributed by atoms with Crippen LogP contribution in [0.2, 0.25) is 0 Å². The van der Waals surface area contributed by atoms with Crippen LogP contribution < -0.4 is 0 Å². The quantitative estimate of drug-likeness (QED) is 0.133. The van der Waals surface area contributed by atoms with Gasteiger partial charge in [-0.1, -0.05) is 194 Å². The summed E-state index contributed by atoms with van der Waals surface area (Å²) < 4.78 is 0. The average molecular weight is 883 g/mol. The highest BCUT2D eigenvalue weighted by atomic mass is 14.6. The van der Waals surface area contributed by atoms with E-state index in [-0.39, 0.29) is 47.3 Å². The first-order chi connectivity index (χ1) is 34.8. The smallest absolute Gasteiger partial charge is 0.0355 e. The summed E-state index contributed by atoms with van der Waals surface area (Å²) in [4.78, 5) is 0. The van der Waals surface area contributed by atoms with Crippen molar-refractivity contribution >= 4 is 21.5 Å². The highest BCUT2D eigenvalue weighted by Crippen LogP contribution is 2.69. The van der Waals surface area contributed by atoms with Crippen molar-refractivity contribution in [2.75, 3.05) is 0 Å². The lowest BCUT2D eigenvalue weighted by Crippen LogP contribution is -2.35. The molecule has 0 aromatic heterocycles. The molecule has 0 heterocycles. The fourth-order valence-electron chi connectivity index (χ4n) is 17.3. The second kappa shape index (κ2) is 12.2. The highest BCUT2D eigenvalue weighted by molar-refractivity contribution is 6.10. The predicted molar refractivity (Wildman–Crippen MR) is 281 cm³/mol. The Labute approximate surface area is 406 Å². The Morgan fingerprint density at radius 3 is 0.386 bits per heavy atom. The van der Waals surface area contributed by atoms with Gasteiger partial charge in [-0.15, -0.1) is 0 Å². The first-order valence-electron chi connectivity index (χ1n) is 25.7. The van der Waals surface area contributed by atoms with Gasteiger partial charge >= 0.3 is 0 Å². The zero-order valence-corrected chi connectivity index (χ0v) is 38.2. The van der Waals surface area contributed by atoms with Gasteiger partial charge in [0.1, 0.15) is 0 Å². The van der Waals surface area contributed by atoms with Crippen LogP contribution >= 0.6 is 0 Å². The van der Waals surface area contributed by atoms with Crippen LogP contribution in [-0.2, 0) is 0 Å². The van der Waals surface area contributed by atoms with Gasteiger partial charge in [-0.25, -0.2) is 0 Å². The second-order valence-electron chi connectivity index (χ2n) is 21.7. The number of hydrogen-bond acceptors (Lipinski definition) is 0. The predicted octanol–water partition coefficient (Wildman–Crippen LogP) is 15.9. The van der Waals surface area contributed by atoms with Crippen molar-refractivity contribution in [3.8, 4) is 0 Å². The molecule has 11 aromatic rings. The Hall–Kier alpha value is -8.06. The van der Waals surface area contributed by atoms with Crippen LogP contribution in [0.25, 0.3) is 21.5 Å². The van der Waals surface area contributed by atoms with E-state index in [1.165, 1.54) is 111 Å². The third-order valence-electron chi connectivity index (χ3n) is 19.3. The normalized spacial score (nSPS) is 23.4. The molecular formula is C70H42. The van der Waals surface area contributed by atoms with E-state index in [0.717, 1.165) is 0 Å². The molecule has 0 heteroatoms. The summed E-state index contributed by atoms with van der Waals surface area (Å²) in [5.74, 6) is 1.22. The third kappa shape index (κ3) is 3.87. The van der Waals surface area contributed by atoms with Crippen LogP contribution in [0.4, 0.5) is 0 Å². The van der Waals surface area contributed by atoms with Crippen LogP contribution in [0.15, 0.2) is 206 Å². The van der Waals surface area contributed by atoms with E-state index in [4.69, 9.17) is 0 Å². The Morgan fingerprint density at radius 2 is 0.257 bits per heavy atom. The number of rotatable bonds is 0. The highest BCUT2D eigenvalue weighted by Gasteiger charge is 2.53. The minimum atomic E-state index is 0.143. The fraction of sp³-hybridized carbons (Fsp3) is 0.114. The lowest BCUT2D eigenvalue weighted by Gasteiger charge is -2.51.